The van der Waals surface area contributed by atoms with Crippen molar-refractivity contribution in [2.75, 3.05) is 5.73 Å². The molecule has 3 heteroatoms. The van der Waals surface area contributed by atoms with Gasteiger partial charge in [-0.3, -0.25) is 4.68 Å². The molecule has 0 saturated carbocycles. The van der Waals surface area contributed by atoms with Gasteiger partial charge in [-0.1, -0.05) is 12.1 Å². The Morgan fingerprint density at radius 1 is 1.50 bits per heavy atom. The van der Waals surface area contributed by atoms with Crippen LogP contribution < -0.4 is 5.73 Å². The van der Waals surface area contributed by atoms with Crippen LogP contribution in [0.2, 0.25) is 0 Å². The highest BCUT2D eigenvalue weighted by molar-refractivity contribution is 5.88. The largest absolute Gasteiger partial charge is 0.397 e. The van der Waals surface area contributed by atoms with Crippen LogP contribution in [0.3, 0.4) is 0 Å². The van der Waals surface area contributed by atoms with E-state index in [-0.39, 0.29) is 0 Å². The van der Waals surface area contributed by atoms with E-state index < -0.39 is 0 Å². The second-order valence-electron chi connectivity index (χ2n) is 2.77. The summed E-state index contributed by atoms with van der Waals surface area (Å²) in [5.74, 6) is 0. The number of aromatic nitrogens is 2. The molecule has 0 aliphatic rings. The SMILES string of the molecule is CCn1cc2cccc(N)c2n1. The quantitative estimate of drug-likeness (QED) is 0.646. The van der Waals surface area contributed by atoms with E-state index >= 15 is 0 Å². The first-order valence-corrected chi connectivity index (χ1v) is 4.03. The van der Waals surface area contributed by atoms with E-state index in [9.17, 15) is 0 Å². The monoisotopic (exact) mass is 161 g/mol. The molecule has 62 valence electrons. The van der Waals surface area contributed by atoms with E-state index in [0.29, 0.717) is 0 Å². The van der Waals surface area contributed by atoms with Crippen LogP contribution in [0.4, 0.5) is 5.69 Å². The number of anilines is 1. The number of nitrogen functional groups attached to an aromatic ring is 1. The Morgan fingerprint density at radius 2 is 2.33 bits per heavy atom. The lowest BCUT2D eigenvalue weighted by molar-refractivity contribution is 0.668. The van der Waals surface area contributed by atoms with Gasteiger partial charge in [0.15, 0.2) is 0 Å². The zero-order valence-electron chi connectivity index (χ0n) is 6.99. The smallest absolute Gasteiger partial charge is 0.115 e. The van der Waals surface area contributed by atoms with E-state index in [0.717, 1.165) is 23.1 Å². The molecule has 0 unspecified atom stereocenters. The molecule has 0 atom stereocenters. The molecule has 3 nitrogen and oxygen atoms in total. The van der Waals surface area contributed by atoms with Gasteiger partial charge in [-0.15, -0.1) is 0 Å². The summed E-state index contributed by atoms with van der Waals surface area (Å²) in [5, 5.41) is 5.43. The summed E-state index contributed by atoms with van der Waals surface area (Å²) in [6, 6.07) is 5.83. The van der Waals surface area contributed by atoms with Crippen molar-refractivity contribution in [1.82, 2.24) is 9.78 Å². The minimum Gasteiger partial charge on any atom is -0.397 e. The Hall–Kier alpha value is -1.51. The average Bonchev–Trinajstić information content (AvgIpc) is 2.49. The topological polar surface area (TPSA) is 43.8 Å². The van der Waals surface area contributed by atoms with Crippen LogP contribution in [0.5, 0.6) is 0 Å². The number of hydrogen-bond acceptors (Lipinski definition) is 2. The predicted molar refractivity (Wildman–Crippen MR) is 49.8 cm³/mol. The van der Waals surface area contributed by atoms with Crippen molar-refractivity contribution in [1.29, 1.82) is 0 Å². The molecular weight excluding hydrogens is 150 g/mol. The molecule has 2 rings (SSSR count). The van der Waals surface area contributed by atoms with Gasteiger partial charge in [0.05, 0.1) is 5.69 Å². The van der Waals surface area contributed by atoms with Crippen molar-refractivity contribution >= 4 is 16.6 Å². The zero-order valence-corrected chi connectivity index (χ0v) is 6.99. The fourth-order valence-electron chi connectivity index (χ4n) is 1.28. The lowest BCUT2D eigenvalue weighted by Gasteiger charge is -1.91. The summed E-state index contributed by atoms with van der Waals surface area (Å²) >= 11 is 0. The first-order valence-electron chi connectivity index (χ1n) is 4.03. The van der Waals surface area contributed by atoms with Crippen molar-refractivity contribution in [2.24, 2.45) is 0 Å². The minimum absolute atomic E-state index is 0.750. The molecule has 1 aromatic heterocycles. The van der Waals surface area contributed by atoms with E-state index in [4.69, 9.17) is 5.73 Å². The fourth-order valence-corrected chi connectivity index (χ4v) is 1.28. The minimum atomic E-state index is 0.750. The maximum absolute atomic E-state index is 5.75. The average molecular weight is 161 g/mol. The Bertz CT molecular complexity index is 403. The predicted octanol–water partition coefficient (Wildman–Crippen LogP) is 1.64. The number of fused-ring (bicyclic) bond motifs is 1. The first kappa shape index (κ1) is 7.16. The summed E-state index contributed by atoms with van der Waals surface area (Å²) in [6.45, 7) is 2.94. The first-order chi connectivity index (χ1) is 5.81. The molecule has 12 heavy (non-hydrogen) atoms. The lowest BCUT2D eigenvalue weighted by Crippen LogP contribution is -1.93. The summed E-state index contributed by atoms with van der Waals surface area (Å²) in [5.41, 5.74) is 7.40. The number of hydrogen-bond donors (Lipinski definition) is 1. The van der Waals surface area contributed by atoms with Gasteiger partial charge in [0.2, 0.25) is 0 Å². The molecule has 0 amide bonds. The van der Waals surface area contributed by atoms with Gasteiger partial charge in [0, 0.05) is 18.1 Å². The molecule has 0 bridgehead atoms. The highest BCUT2D eigenvalue weighted by atomic mass is 15.3. The Kier molecular flexibility index (Phi) is 1.50. The maximum atomic E-state index is 5.75. The molecule has 0 fully saturated rings. The summed E-state index contributed by atoms with van der Waals surface area (Å²) in [4.78, 5) is 0. The van der Waals surface area contributed by atoms with Crippen molar-refractivity contribution < 1.29 is 0 Å². The second-order valence-corrected chi connectivity index (χ2v) is 2.77. The molecule has 0 aliphatic carbocycles. The van der Waals surface area contributed by atoms with Crippen LogP contribution >= 0.6 is 0 Å². The third-order valence-corrected chi connectivity index (χ3v) is 1.94. The van der Waals surface area contributed by atoms with Crippen LogP contribution in [0.25, 0.3) is 10.9 Å². The molecule has 0 spiro atoms. The lowest BCUT2D eigenvalue weighted by atomic mass is 10.2. The van der Waals surface area contributed by atoms with Crippen molar-refractivity contribution in [2.45, 2.75) is 13.5 Å². The molecule has 1 heterocycles. The fraction of sp³-hybridized carbons (Fsp3) is 0.222. The molecule has 0 aliphatic heterocycles. The van der Waals surface area contributed by atoms with Crippen LogP contribution in [0.15, 0.2) is 24.4 Å². The van der Waals surface area contributed by atoms with Crippen molar-refractivity contribution in [3.8, 4) is 0 Å². The van der Waals surface area contributed by atoms with E-state index in [2.05, 4.69) is 12.0 Å². The van der Waals surface area contributed by atoms with Crippen LogP contribution in [-0.2, 0) is 6.54 Å². The van der Waals surface area contributed by atoms with Crippen molar-refractivity contribution in [3.05, 3.63) is 24.4 Å². The Balaban J connectivity index is 2.74. The zero-order chi connectivity index (χ0) is 8.55. The summed E-state index contributed by atoms with van der Waals surface area (Å²) in [7, 11) is 0. The molecular formula is C9H11N3. The highest BCUT2D eigenvalue weighted by Gasteiger charge is 2.00. The molecule has 1 aromatic carbocycles. The summed E-state index contributed by atoms with van der Waals surface area (Å²) in [6.07, 6.45) is 2.01. The summed E-state index contributed by atoms with van der Waals surface area (Å²) < 4.78 is 1.89. The van der Waals surface area contributed by atoms with E-state index in [1.54, 1.807) is 0 Å². The van der Waals surface area contributed by atoms with Gasteiger partial charge in [-0.25, -0.2) is 0 Å². The number of nitrogens with two attached hydrogens (primary N) is 1. The molecule has 2 N–H and O–H groups in total. The number of aryl methyl sites for hydroxylation is 1. The van der Waals surface area contributed by atoms with Crippen molar-refractivity contribution in [3.63, 3.8) is 0 Å². The number of rotatable bonds is 1. The molecule has 0 radical (unpaired) electrons. The Labute approximate surface area is 70.8 Å². The maximum Gasteiger partial charge on any atom is 0.115 e. The van der Waals surface area contributed by atoms with Gasteiger partial charge < -0.3 is 5.73 Å². The van der Waals surface area contributed by atoms with E-state index in [1.165, 1.54) is 0 Å². The normalized spacial score (nSPS) is 10.8. The standard InChI is InChI=1S/C9H11N3/c1-2-12-6-7-4-3-5-8(10)9(7)11-12/h3-6H,2,10H2,1H3. The van der Waals surface area contributed by atoms with Crippen LogP contribution in [0, 0.1) is 0 Å². The van der Waals surface area contributed by atoms with Crippen LogP contribution in [-0.4, -0.2) is 9.78 Å². The van der Waals surface area contributed by atoms with Gasteiger partial charge in [0.25, 0.3) is 0 Å². The van der Waals surface area contributed by atoms with Gasteiger partial charge in [-0.2, -0.15) is 5.10 Å². The van der Waals surface area contributed by atoms with E-state index in [1.807, 2.05) is 29.1 Å². The second kappa shape index (κ2) is 2.52. The van der Waals surface area contributed by atoms with Gasteiger partial charge in [-0.05, 0) is 13.0 Å². The number of nitrogens with zero attached hydrogens (tertiary/aromatic N) is 2. The third kappa shape index (κ3) is 0.942. The van der Waals surface area contributed by atoms with Gasteiger partial charge in [0.1, 0.15) is 5.52 Å². The highest BCUT2D eigenvalue weighted by Crippen LogP contribution is 2.18. The Morgan fingerprint density at radius 3 is 3.00 bits per heavy atom. The molecule has 0 saturated heterocycles. The van der Waals surface area contributed by atoms with Gasteiger partial charge >= 0.3 is 0 Å². The number of benzene rings is 1. The van der Waals surface area contributed by atoms with Crippen LogP contribution in [0.1, 0.15) is 6.92 Å². The third-order valence-electron chi connectivity index (χ3n) is 1.94. The molecule has 2 aromatic rings.